The SMILES string of the molecule is O=S(=O)(NCc1nccs1)c1ccc(C#CCO)c(F)c1. The summed E-state index contributed by atoms with van der Waals surface area (Å²) in [5.74, 6) is 3.94. The maximum Gasteiger partial charge on any atom is 0.241 e. The first-order valence-electron chi connectivity index (χ1n) is 5.80. The Kier molecular flexibility index (Phi) is 5.03. The normalized spacial score (nSPS) is 11.0. The zero-order chi connectivity index (χ0) is 15.3. The molecule has 0 saturated carbocycles. The summed E-state index contributed by atoms with van der Waals surface area (Å²) >= 11 is 1.32. The van der Waals surface area contributed by atoms with Crippen molar-refractivity contribution in [1.82, 2.24) is 9.71 Å². The number of sulfonamides is 1. The number of aliphatic hydroxyl groups excluding tert-OH is 1. The van der Waals surface area contributed by atoms with Crippen LogP contribution in [-0.4, -0.2) is 25.1 Å². The quantitative estimate of drug-likeness (QED) is 0.825. The van der Waals surface area contributed by atoms with E-state index >= 15 is 0 Å². The van der Waals surface area contributed by atoms with E-state index in [1.54, 1.807) is 11.6 Å². The van der Waals surface area contributed by atoms with E-state index in [4.69, 9.17) is 5.11 Å². The summed E-state index contributed by atoms with van der Waals surface area (Å²) in [5, 5.41) is 10.9. The Labute approximate surface area is 125 Å². The molecule has 1 heterocycles. The lowest BCUT2D eigenvalue weighted by atomic mass is 10.2. The van der Waals surface area contributed by atoms with Gasteiger partial charge in [-0.3, -0.25) is 0 Å². The highest BCUT2D eigenvalue weighted by Gasteiger charge is 2.16. The van der Waals surface area contributed by atoms with Crippen molar-refractivity contribution in [3.8, 4) is 11.8 Å². The molecule has 2 rings (SSSR count). The molecule has 0 amide bonds. The molecule has 0 fully saturated rings. The minimum atomic E-state index is -3.82. The van der Waals surface area contributed by atoms with Gasteiger partial charge in [-0.05, 0) is 18.2 Å². The Balaban J connectivity index is 2.18. The van der Waals surface area contributed by atoms with Gasteiger partial charge in [0.15, 0.2) is 0 Å². The standard InChI is InChI=1S/C13H11FN2O3S2/c14-12-8-11(4-3-10(12)2-1-6-17)21(18,19)16-9-13-15-5-7-20-13/h3-5,7-8,16-17H,6,9H2. The van der Waals surface area contributed by atoms with Crippen molar-refractivity contribution in [2.75, 3.05) is 6.61 Å². The van der Waals surface area contributed by atoms with E-state index in [0.29, 0.717) is 5.01 Å². The van der Waals surface area contributed by atoms with Gasteiger partial charge in [0.2, 0.25) is 10.0 Å². The number of aliphatic hydroxyl groups is 1. The van der Waals surface area contributed by atoms with Gasteiger partial charge >= 0.3 is 0 Å². The van der Waals surface area contributed by atoms with E-state index in [-0.39, 0.29) is 17.0 Å². The van der Waals surface area contributed by atoms with Crippen molar-refractivity contribution in [3.63, 3.8) is 0 Å². The average molecular weight is 326 g/mol. The lowest BCUT2D eigenvalue weighted by molar-refractivity contribution is 0.350. The summed E-state index contributed by atoms with van der Waals surface area (Å²) in [7, 11) is -3.82. The van der Waals surface area contributed by atoms with E-state index in [1.165, 1.54) is 23.5 Å². The zero-order valence-corrected chi connectivity index (χ0v) is 12.3. The van der Waals surface area contributed by atoms with Gasteiger partial charge in [-0.25, -0.2) is 22.5 Å². The highest BCUT2D eigenvalue weighted by Crippen LogP contribution is 2.15. The number of nitrogens with one attached hydrogen (secondary N) is 1. The van der Waals surface area contributed by atoms with Crippen LogP contribution in [0, 0.1) is 17.7 Å². The summed E-state index contributed by atoms with van der Waals surface area (Å²) in [5.41, 5.74) is 0.0305. The van der Waals surface area contributed by atoms with Gasteiger partial charge in [-0.2, -0.15) is 0 Å². The van der Waals surface area contributed by atoms with Crippen molar-refractivity contribution in [2.24, 2.45) is 0 Å². The summed E-state index contributed by atoms with van der Waals surface area (Å²) in [6.07, 6.45) is 1.57. The molecule has 21 heavy (non-hydrogen) atoms. The Morgan fingerprint density at radius 3 is 2.86 bits per heavy atom. The predicted octanol–water partition coefficient (Wildman–Crippen LogP) is 1.10. The number of benzene rings is 1. The highest BCUT2D eigenvalue weighted by atomic mass is 32.2. The molecule has 8 heteroatoms. The van der Waals surface area contributed by atoms with Gasteiger partial charge in [0.05, 0.1) is 17.0 Å². The molecule has 2 aromatic rings. The second-order valence-corrected chi connectivity index (χ2v) is 6.60. The molecule has 2 N–H and O–H groups in total. The minimum Gasteiger partial charge on any atom is -0.384 e. The van der Waals surface area contributed by atoms with Crippen LogP contribution in [0.4, 0.5) is 4.39 Å². The van der Waals surface area contributed by atoms with Gasteiger partial charge in [0.25, 0.3) is 0 Å². The Morgan fingerprint density at radius 1 is 1.43 bits per heavy atom. The van der Waals surface area contributed by atoms with Crippen LogP contribution in [0.3, 0.4) is 0 Å². The molecule has 0 aliphatic heterocycles. The fraction of sp³-hybridized carbons (Fsp3) is 0.154. The van der Waals surface area contributed by atoms with Crippen LogP contribution in [-0.2, 0) is 16.6 Å². The Morgan fingerprint density at radius 2 is 2.24 bits per heavy atom. The van der Waals surface area contributed by atoms with Crippen molar-refractivity contribution in [3.05, 3.63) is 46.2 Å². The maximum atomic E-state index is 13.7. The molecule has 0 spiro atoms. The fourth-order valence-electron chi connectivity index (χ4n) is 1.48. The summed E-state index contributed by atoms with van der Waals surface area (Å²) in [6, 6.07) is 3.41. The Bertz CT molecular complexity index is 777. The zero-order valence-electron chi connectivity index (χ0n) is 10.7. The second kappa shape index (κ2) is 6.78. The van der Waals surface area contributed by atoms with E-state index < -0.39 is 22.4 Å². The molecule has 1 aromatic heterocycles. The third-order valence-corrected chi connectivity index (χ3v) is 4.63. The first-order chi connectivity index (χ1) is 10.0. The molecule has 110 valence electrons. The highest BCUT2D eigenvalue weighted by molar-refractivity contribution is 7.89. The van der Waals surface area contributed by atoms with Gasteiger partial charge < -0.3 is 5.11 Å². The van der Waals surface area contributed by atoms with Gasteiger partial charge in [0, 0.05) is 11.6 Å². The van der Waals surface area contributed by atoms with Crippen LogP contribution >= 0.6 is 11.3 Å². The van der Waals surface area contributed by atoms with Crippen LogP contribution in [0.1, 0.15) is 10.6 Å². The number of hydrogen-bond donors (Lipinski definition) is 2. The number of halogens is 1. The molecule has 0 radical (unpaired) electrons. The van der Waals surface area contributed by atoms with Crippen LogP contribution in [0.5, 0.6) is 0 Å². The van der Waals surface area contributed by atoms with Crippen molar-refractivity contribution in [1.29, 1.82) is 0 Å². The van der Waals surface area contributed by atoms with Crippen LogP contribution < -0.4 is 4.72 Å². The molecule has 0 saturated heterocycles. The Hall–Kier alpha value is -1.79. The summed E-state index contributed by atoms with van der Waals surface area (Å²) in [6.45, 7) is -0.345. The average Bonchev–Trinajstić information content (AvgIpc) is 2.97. The van der Waals surface area contributed by atoms with Crippen LogP contribution in [0.15, 0.2) is 34.7 Å². The van der Waals surface area contributed by atoms with E-state index in [2.05, 4.69) is 21.5 Å². The van der Waals surface area contributed by atoms with Crippen LogP contribution in [0.2, 0.25) is 0 Å². The van der Waals surface area contributed by atoms with Crippen molar-refractivity contribution >= 4 is 21.4 Å². The monoisotopic (exact) mass is 326 g/mol. The lowest BCUT2D eigenvalue weighted by Gasteiger charge is -2.06. The van der Waals surface area contributed by atoms with Crippen molar-refractivity contribution < 1.29 is 17.9 Å². The number of hydrogen-bond acceptors (Lipinski definition) is 5. The largest absolute Gasteiger partial charge is 0.384 e. The summed E-state index contributed by atoms with van der Waals surface area (Å²) < 4.78 is 40.1. The van der Waals surface area contributed by atoms with E-state index in [1.807, 2.05) is 0 Å². The molecule has 5 nitrogen and oxygen atoms in total. The first-order valence-corrected chi connectivity index (χ1v) is 8.16. The smallest absolute Gasteiger partial charge is 0.241 e. The number of nitrogens with zero attached hydrogens (tertiary/aromatic N) is 1. The van der Waals surface area contributed by atoms with Crippen molar-refractivity contribution in [2.45, 2.75) is 11.4 Å². The van der Waals surface area contributed by atoms with Gasteiger partial charge in [-0.1, -0.05) is 11.8 Å². The molecule has 0 bridgehead atoms. The van der Waals surface area contributed by atoms with Crippen LogP contribution in [0.25, 0.3) is 0 Å². The summed E-state index contributed by atoms with van der Waals surface area (Å²) in [4.78, 5) is 3.77. The third kappa shape index (κ3) is 4.09. The number of rotatable bonds is 4. The molecule has 0 atom stereocenters. The molecular weight excluding hydrogens is 315 g/mol. The van der Waals surface area contributed by atoms with Gasteiger partial charge in [-0.15, -0.1) is 11.3 Å². The molecule has 0 aliphatic carbocycles. The van der Waals surface area contributed by atoms with E-state index in [9.17, 15) is 12.8 Å². The topological polar surface area (TPSA) is 79.3 Å². The minimum absolute atomic E-state index is 0.0305. The fourth-order valence-corrected chi connectivity index (χ4v) is 3.13. The molecular formula is C13H11FN2O3S2. The predicted molar refractivity (Wildman–Crippen MR) is 76.5 cm³/mol. The lowest BCUT2D eigenvalue weighted by Crippen LogP contribution is -2.23. The number of aromatic nitrogens is 1. The molecule has 1 aromatic carbocycles. The van der Waals surface area contributed by atoms with Gasteiger partial charge in [0.1, 0.15) is 17.4 Å². The van der Waals surface area contributed by atoms with E-state index in [0.717, 1.165) is 6.07 Å². The second-order valence-electron chi connectivity index (χ2n) is 3.85. The maximum absolute atomic E-state index is 13.7. The number of thiazole rings is 1. The molecule has 0 aliphatic rings. The third-order valence-electron chi connectivity index (χ3n) is 2.45. The molecule has 0 unspecified atom stereocenters. The first kappa shape index (κ1) is 15.6.